The molecule has 18 heavy (non-hydrogen) atoms. The molecule has 0 aliphatic rings. The van der Waals surface area contributed by atoms with E-state index in [4.69, 9.17) is 9.84 Å². The topological polar surface area (TPSA) is 29.5 Å². The number of hydrogen-bond acceptors (Lipinski definition) is 2. The quantitative estimate of drug-likeness (QED) is 0.871. The van der Waals surface area contributed by atoms with E-state index in [1.54, 1.807) is 0 Å². The van der Waals surface area contributed by atoms with E-state index in [1.807, 2.05) is 61.5 Å². The summed E-state index contributed by atoms with van der Waals surface area (Å²) in [6.45, 7) is 2.72. The van der Waals surface area contributed by atoms with Crippen LogP contribution in [-0.2, 0) is 6.61 Å². The molecule has 0 aliphatic heterocycles. The van der Waals surface area contributed by atoms with Gasteiger partial charge in [-0.05, 0) is 23.3 Å². The van der Waals surface area contributed by atoms with E-state index in [0.29, 0.717) is 6.61 Å². The van der Waals surface area contributed by atoms with Crippen LogP contribution in [0.3, 0.4) is 0 Å². The van der Waals surface area contributed by atoms with E-state index in [2.05, 4.69) is 0 Å². The highest BCUT2D eigenvalue weighted by atomic mass is 16.5. The van der Waals surface area contributed by atoms with Crippen molar-refractivity contribution in [3.05, 3.63) is 65.7 Å². The molecule has 0 saturated carbocycles. The number of rotatable bonds is 5. The molecule has 0 spiro atoms. The molecule has 0 saturated heterocycles. The van der Waals surface area contributed by atoms with Gasteiger partial charge in [0.2, 0.25) is 0 Å². The van der Waals surface area contributed by atoms with Crippen molar-refractivity contribution in [1.29, 1.82) is 0 Å². The first-order chi connectivity index (χ1) is 8.79. The SMILES string of the molecule is C[C@H](CO)c1cccc(OCc2ccccc2)c1. The second-order valence-electron chi connectivity index (χ2n) is 4.43. The molecule has 2 heteroatoms. The van der Waals surface area contributed by atoms with E-state index >= 15 is 0 Å². The monoisotopic (exact) mass is 242 g/mol. The summed E-state index contributed by atoms with van der Waals surface area (Å²) in [4.78, 5) is 0. The van der Waals surface area contributed by atoms with Gasteiger partial charge in [-0.2, -0.15) is 0 Å². The Morgan fingerprint density at radius 3 is 2.56 bits per heavy atom. The van der Waals surface area contributed by atoms with E-state index in [0.717, 1.165) is 16.9 Å². The van der Waals surface area contributed by atoms with Crippen molar-refractivity contribution in [1.82, 2.24) is 0 Å². The molecule has 0 bridgehead atoms. The molecule has 0 heterocycles. The molecule has 2 nitrogen and oxygen atoms in total. The number of ether oxygens (including phenoxy) is 1. The molecular formula is C16H18O2. The molecule has 2 aromatic rings. The van der Waals surface area contributed by atoms with E-state index < -0.39 is 0 Å². The minimum atomic E-state index is 0.144. The van der Waals surface area contributed by atoms with E-state index in [9.17, 15) is 0 Å². The van der Waals surface area contributed by atoms with Gasteiger partial charge < -0.3 is 9.84 Å². The summed E-state index contributed by atoms with van der Waals surface area (Å²) >= 11 is 0. The standard InChI is InChI=1S/C16H18O2/c1-13(11-17)15-8-5-9-16(10-15)18-12-14-6-3-2-4-7-14/h2-10,13,17H,11-12H2,1H3/t13-/m1/s1. The summed E-state index contributed by atoms with van der Waals surface area (Å²) in [6, 6.07) is 18.0. The maximum Gasteiger partial charge on any atom is 0.120 e. The fourth-order valence-electron chi connectivity index (χ4n) is 1.76. The highest BCUT2D eigenvalue weighted by Gasteiger charge is 2.04. The van der Waals surface area contributed by atoms with Crippen LogP contribution in [0.1, 0.15) is 24.0 Å². The molecule has 0 amide bonds. The summed E-state index contributed by atoms with van der Waals surface area (Å²) in [6.07, 6.45) is 0. The van der Waals surface area contributed by atoms with Gasteiger partial charge in [0, 0.05) is 12.5 Å². The van der Waals surface area contributed by atoms with Crippen LogP contribution in [0.25, 0.3) is 0 Å². The van der Waals surface area contributed by atoms with Crippen LogP contribution >= 0.6 is 0 Å². The average molecular weight is 242 g/mol. The highest BCUT2D eigenvalue weighted by Crippen LogP contribution is 2.21. The lowest BCUT2D eigenvalue weighted by Crippen LogP contribution is -2.00. The van der Waals surface area contributed by atoms with Crippen molar-refractivity contribution in [3.8, 4) is 5.75 Å². The Morgan fingerprint density at radius 1 is 1.06 bits per heavy atom. The lowest BCUT2D eigenvalue weighted by molar-refractivity contribution is 0.272. The third kappa shape index (κ3) is 3.34. The van der Waals surface area contributed by atoms with Crippen molar-refractivity contribution in [3.63, 3.8) is 0 Å². The minimum Gasteiger partial charge on any atom is -0.489 e. The zero-order chi connectivity index (χ0) is 12.8. The first-order valence-electron chi connectivity index (χ1n) is 6.17. The number of benzene rings is 2. The Bertz CT molecular complexity index is 479. The van der Waals surface area contributed by atoms with Crippen molar-refractivity contribution >= 4 is 0 Å². The summed E-state index contributed by atoms with van der Waals surface area (Å²) in [5.41, 5.74) is 2.25. The van der Waals surface area contributed by atoms with Gasteiger partial charge in [0.1, 0.15) is 12.4 Å². The summed E-state index contributed by atoms with van der Waals surface area (Å²) in [5, 5.41) is 9.15. The zero-order valence-corrected chi connectivity index (χ0v) is 10.5. The second kappa shape index (κ2) is 6.22. The van der Waals surface area contributed by atoms with E-state index in [1.165, 1.54) is 0 Å². The van der Waals surface area contributed by atoms with Crippen molar-refractivity contribution in [2.45, 2.75) is 19.4 Å². The maximum atomic E-state index is 9.15. The Balaban J connectivity index is 2.01. The van der Waals surface area contributed by atoms with Gasteiger partial charge in [0.05, 0.1) is 0 Å². The van der Waals surface area contributed by atoms with Crippen molar-refractivity contribution in [2.75, 3.05) is 6.61 Å². The molecule has 0 radical (unpaired) electrons. The van der Waals surface area contributed by atoms with Gasteiger partial charge in [0.25, 0.3) is 0 Å². The van der Waals surface area contributed by atoms with Crippen LogP contribution in [0.4, 0.5) is 0 Å². The van der Waals surface area contributed by atoms with Crippen LogP contribution in [0, 0.1) is 0 Å². The third-order valence-corrected chi connectivity index (χ3v) is 2.95. The largest absolute Gasteiger partial charge is 0.489 e. The van der Waals surface area contributed by atoms with Crippen LogP contribution in [0.2, 0.25) is 0 Å². The fourth-order valence-corrected chi connectivity index (χ4v) is 1.76. The minimum absolute atomic E-state index is 0.144. The van der Waals surface area contributed by atoms with Gasteiger partial charge in [-0.1, -0.05) is 49.4 Å². The number of aliphatic hydroxyl groups excluding tert-OH is 1. The number of hydrogen-bond donors (Lipinski definition) is 1. The Morgan fingerprint density at radius 2 is 1.83 bits per heavy atom. The van der Waals surface area contributed by atoms with Gasteiger partial charge in [-0.25, -0.2) is 0 Å². The predicted molar refractivity (Wildman–Crippen MR) is 72.7 cm³/mol. The molecular weight excluding hydrogens is 224 g/mol. The van der Waals surface area contributed by atoms with Gasteiger partial charge in [0.15, 0.2) is 0 Å². The van der Waals surface area contributed by atoms with Gasteiger partial charge >= 0.3 is 0 Å². The highest BCUT2D eigenvalue weighted by molar-refractivity contribution is 5.31. The molecule has 0 aromatic heterocycles. The normalized spacial score (nSPS) is 12.1. The molecule has 1 atom stereocenters. The number of aliphatic hydroxyl groups is 1. The first-order valence-corrected chi connectivity index (χ1v) is 6.17. The smallest absolute Gasteiger partial charge is 0.120 e. The fraction of sp³-hybridized carbons (Fsp3) is 0.250. The Hall–Kier alpha value is -1.80. The van der Waals surface area contributed by atoms with Gasteiger partial charge in [-0.15, -0.1) is 0 Å². The summed E-state index contributed by atoms with van der Waals surface area (Å²) < 4.78 is 5.75. The molecule has 2 aromatic carbocycles. The molecule has 0 aliphatic carbocycles. The summed E-state index contributed by atoms with van der Waals surface area (Å²) in [5.74, 6) is 0.988. The average Bonchev–Trinajstić information content (AvgIpc) is 2.45. The van der Waals surface area contributed by atoms with Crippen LogP contribution in [-0.4, -0.2) is 11.7 Å². The van der Waals surface area contributed by atoms with Crippen LogP contribution in [0.15, 0.2) is 54.6 Å². The first kappa shape index (κ1) is 12.7. The second-order valence-corrected chi connectivity index (χ2v) is 4.43. The van der Waals surface area contributed by atoms with E-state index in [-0.39, 0.29) is 12.5 Å². The van der Waals surface area contributed by atoms with Crippen LogP contribution < -0.4 is 4.74 Å². The molecule has 1 N–H and O–H groups in total. The van der Waals surface area contributed by atoms with Crippen LogP contribution in [0.5, 0.6) is 5.75 Å². The summed E-state index contributed by atoms with van der Waals surface area (Å²) in [7, 11) is 0. The van der Waals surface area contributed by atoms with Crippen molar-refractivity contribution in [2.24, 2.45) is 0 Å². The molecule has 2 rings (SSSR count). The van der Waals surface area contributed by atoms with Crippen molar-refractivity contribution < 1.29 is 9.84 Å². The zero-order valence-electron chi connectivity index (χ0n) is 10.5. The molecule has 0 fully saturated rings. The Kier molecular flexibility index (Phi) is 4.37. The lowest BCUT2D eigenvalue weighted by Gasteiger charge is -2.11. The molecule has 94 valence electrons. The van der Waals surface area contributed by atoms with Gasteiger partial charge in [-0.3, -0.25) is 0 Å². The Labute approximate surface area is 108 Å². The maximum absolute atomic E-state index is 9.15. The predicted octanol–water partition coefficient (Wildman–Crippen LogP) is 3.36. The third-order valence-electron chi connectivity index (χ3n) is 2.95. The molecule has 0 unspecified atom stereocenters. The lowest BCUT2D eigenvalue weighted by atomic mass is 10.0.